The molecule has 0 saturated carbocycles. The Bertz CT molecular complexity index is 819. The molecule has 0 atom stereocenters. The zero-order valence-electron chi connectivity index (χ0n) is 11.4. The molecule has 0 saturated heterocycles. The van der Waals surface area contributed by atoms with Crippen molar-refractivity contribution < 1.29 is 9.32 Å². The number of rotatable bonds is 3. The van der Waals surface area contributed by atoms with E-state index in [0.717, 1.165) is 5.56 Å². The third-order valence-corrected chi connectivity index (χ3v) is 3.10. The lowest BCUT2D eigenvalue weighted by atomic mass is 10.2. The highest BCUT2D eigenvalue weighted by Gasteiger charge is 2.17. The number of nitrogens with one attached hydrogen (secondary N) is 1. The number of amides is 1. The summed E-state index contributed by atoms with van der Waals surface area (Å²) >= 11 is 5.91. The Labute approximate surface area is 130 Å². The van der Waals surface area contributed by atoms with Gasteiger partial charge in [0, 0.05) is 23.1 Å². The number of hydrogen-bond acceptors (Lipinski definition) is 6. The molecule has 3 aromatic rings. The maximum absolute atomic E-state index is 12.1. The highest BCUT2D eigenvalue weighted by molar-refractivity contribution is 6.31. The molecule has 22 heavy (non-hydrogen) atoms. The Balaban J connectivity index is 1.81. The van der Waals surface area contributed by atoms with Crippen molar-refractivity contribution in [3.63, 3.8) is 0 Å². The standard InChI is InChI=1S/C14H10ClN5O2/c1-8-2-3-9(15)6-10(8)18-13(21)14-19-12(20-22-14)11-7-16-4-5-17-11/h2-7H,1H3,(H,18,21). The van der Waals surface area contributed by atoms with Gasteiger partial charge in [0.2, 0.25) is 5.82 Å². The largest absolute Gasteiger partial charge is 0.328 e. The topological polar surface area (TPSA) is 93.8 Å². The van der Waals surface area contributed by atoms with Crippen LogP contribution in [0.15, 0.2) is 41.3 Å². The molecule has 1 aromatic carbocycles. The Kier molecular flexibility index (Phi) is 3.80. The number of hydrogen-bond donors (Lipinski definition) is 1. The van der Waals surface area contributed by atoms with Gasteiger partial charge in [0.25, 0.3) is 0 Å². The molecule has 0 fully saturated rings. The summed E-state index contributed by atoms with van der Waals surface area (Å²) in [6.07, 6.45) is 4.51. The quantitative estimate of drug-likeness (QED) is 0.798. The van der Waals surface area contributed by atoms with Gasteiger partial charge in [-0.2, -0.15) is 4.98 Å². The number of anilines is 1. The lowest BCUT2D eigenvalue weighted by molar-refractivity contribution is 0.0981. The highest BCUT2D eigenvalue weighted by Crippen LogP contribution is 2.21. The number of carbonyl (C=O) groups excluding carboxylic acids is 1. The number of nitrogens with zero attached hydrogens (tertiary/aromatic N) is 4. The summed E-state index contributed by atoms with van der Waals surface area (Å²) in [5.74, 6) is -0.492. The molecule has 0 aliphatic carbocycles. The molecule has 8 heteroatoms. The summed E-state index contributed by atoms with van der Waals surface area (Å²) in [4.78, 5) is 24.1. The van der Waals surface area contributed by atoms with Crippen molar-refractivity contribution in [3.05, 3.63) is 53.3 Å². The summed E-state index contributed by atoms with van der Waals surface area (Å²) < 4.78 is 4.95. The first kappa shape index (κ1) is 14.2. The van der Waals surface area contributed by atoms with Gasteiger partial charge < -0.3 is 9.84 Å². The smallest absolute Gasteiger partial charge is 0.316 e. The number of halogens is 1. The lowest BCUT2D eigenvalue weighted by Crippen LogP contribution is -2.13. The fourth-order valence-electron chi connectivity index (χ4n) is 1.74. The maximum Gasteiger partial charge on any atom is 0.316 e. The van der Waals surface area contributed by atoms with Crippen molar-refractivity contribution in [2.75, 3.05) is 5.32 Å². The van der Waals surface area contributed by atoms with E-state index in [1.807, 2.05) is 6.92 Å². The molecule has 0 bridgehead atoms. The van der Waals surface area contributed by atoms with E-state index < -0.39 is 5.91 Å². The van der Waals surface area contributed by atoms with E-state index in [-0.39, 0.29) is 11.7 Å². The molecule has 1 N–H and O–H groups in total. The van der Waals surface area contributed by atoms with Crippen molar-refractivity contribution in [1.82, 2.24) is 20.1 Å². The monoisotopic (exact) mass is 315 g/mol. The van der Waals surface area contributed by atoms with E-state index in [4.69, 9.17) is 16.1 Å². The van der Waals surface area contributed by atoms with Crippen LogP contribution in [-0.2, 0) is 0 Å². The normalized spacial score (nSPS) is 10.5. The van der Waals surface area contributed by atoms with Crippen LogP contribution in [0.25, 0.3) is 11.5 Å². The van der Waals surface area contributed by atoms with Crippen LogP contribution in [0.3, 0.4) is 0 Å². The third kappa shape index (κ3) is 2.94. The maximum atomic E-state index is 12.1. The Morgan fingerprint density at radius 1 is 1.32 bits per heavy atom. The van der Waals surface area contributed by atoms with E-state index in [1.54, 1.807) is 18.2 Å². The molecule has 1 amide bonds. The molecule has 2 heterocycles. The summed E-state index contributed by atoms with van der Waals surface area (Å²) in [5.41, 5.74) is 1.87. The number of carbonyl (C=O) groups is 1. The molecule has 3 rings (SSSR count). The molecule has 110 valence electrons. The van der Waals surface area contributed by atoms with Crippen molar-refractivity contribution in [2.24, 2.45) is 0 Å². The molecule has 2 aromatic heterocycles. The number of aryl methyl sites for hydroxylation is 1. The van der Waals surface area contributed by atoms with Crippen LogP contribution in [0.4, 0.5) is 5.69 Å². The van der Waals surface area contributed by atoms with Crippen molar-refractivity contribution >= 4 is 23.2 Å². The van der Waals surface area contributed by atoms with Gasteiger partial charge in [-0.05, 0) is 24.6 Å². The van der Waals surface area contributed by atoms with Gasteiger partial charge in [0.1, 0.15) is 5.69 Å². The molecule has 0 unspecified atom stereocenters. The first-order valence-corrected chi connectivity index (χ1v) is 6.69. The third-order valence-electron chi connectivity index (χ3n) is 2.86. The zero-order valence-corrected chi connectivity index (χ0v) is 12.2. The summed E-state index contributed by atoms with van der Waals surface area (Å²) in [6, 6.07) is 5.19. The van der Waals surface area contributed by atoms with E-state index in [1.165, 1.54) is 18.6 Å². The van der Waals surface area contributed by atoms with Gasteiger partial charge >= 0.3 is 11.8 Å². The molecule has 0 aliphatic rings. The zero-order chi connectivity index (χ0) is 15.5. The molecule has 7 nitrogen and oxygen atoms in total. The van der Waals surface area contributed by atoms with Crippen LogP contribution in [0.5, 0.6) is 0 Å². The highest BCUT2D eigenvalue weighted by atomic mass is 35.5. The van der Waals surface area contributed by atoms with Gasteiger partial charge in [-0.3, -0.25) is 9.78 Å². The predicted octanol–water partition coefficient (Wildman–Crippen LogP) is 2.74. The van der Waals surface area contributed by atoms with Crippen LogP contribution in [0, 0.1) is 6.92 Å². The number of aromatic nitrogens is 4. The Hall–Kier alpha value is -2.80. The van der Waals surface area contributed by atoms with Crippen molar-refractivity contribution in [3.8, 4) is 11.5 Å². The van der Waals surface area contributed by atoms with Crippen molar-refractivity contribution in [1.29, 1.82) is 0 Å². The lowest BCUT2D eigenvalue weighted by Gasteiger charge is -2.06. The number of benzene rings is 1. The minimum absolute atomic E-state index is 0.167. The van der Waals surface area contributed by atoms with Crippen LogP contribution >= 0.6 is 11.6 Å². The second kappa shape index (κ2) is 5.90. The van der Waals surface area contributed by atoms with Gasteiger partial charge in [0.05, 0.1) is 6.20 Å². The summed E-state index contributed by atoms with van der Waals surface area (Å²) in [7, 11) is 0. The van der Waals surface area contributed by atoms with E-state index >= 15 is 0 Å². The first-order chi connectivity index (χ1) is 10.6. The minimum Gasteiger partial charge on any atom is -0.328 e. The van der Waals surface area contributed by atoms with Gasteiger partial charge in [-0.25, -0.2) is 4.98 Å². The predicted molar refractivity (Wildman–Crippen MR) is 79.5 cm³/mol. The minimum atomic E-state index is -0.520. The molecular weight excluding hydrogens is 306 g/mol. The van der Waals surface area contributed by atoms with Crippen LogP contribution in [-0.4, -0.2) is 26.0 Å². The van der Waals surface area contributed by atoms with Gasteiger partial charge in [-0.15, -0.1) is 0 Å². The Morgan fingerprint density at radius 2 is 2.18 bits per heavy atom. The van der Waals surface area contributed by atoms with E-state index in [9.17, 15) is 4.79 Å². The van der Waals surface area contributed by atoms with Crippen LogP contribution in [0.1, 0.15) is 16.2 Å². The summed E-state index contributed by atoms with van der Waals surface area (Å²) in [6.45, 7) is 1.85. The molecular formula is C14H10ClN5O2. The SMILES string of the molecule is Cc1ccc(Cl)cc1NC(=O)c1nc(-c2cnccn2)no1. The second-order valence-corrected chi connectivity index (χ2v) is 4.86. The average Bonchev–Trinajstić information content (AvgIpc) is 3.02. The summed E-state index contributed by atoms with van der Waals surface area (Å²) in [5, 5.41) is 6.91. The van der Waals surface area contributed by atoms with E-state index in [2.05, 4.69) is 25.4 Å². The van der Waals surface area contributed by atoms with Gasteiger partial charge in [0.15, 0.2) is 0 Å². The van der Waals surface area contributed by atoms with Gasteiger partial charge in [-0.1, -0.05) is 22.8 Å². The van der Waals surface area contributed by atoms with Crippen LogP contribution in [0.2, 0.25) is 5.02 Å². The fourth-order valence-corrected chi connectivity index (χ4v) is 1.91. The fraction of sp³-hybridized carbons (Fsp3) is 0.0714. The van der Waals surface area contributed by atoms with Crippen LogP contribution < -0.4 is 5.32 Å². The average molecular weight is 316 g/mol. The van der Waals surface area contributed by atoms with E-state index in [0.29, 0.717) is 16.4 Å². The van der Waals surface area contributed by atoms with Crippen molar-refractivity contribution in [2.45, 2.75) is 6.92 Å². The first-order valence-electron chi connectivity index (χ1n) is 6.31. The second-order valence-electron chi connectivity index (χ2n) is 4.43. The molecule has 0 aliphatic heterocycles. The Morgan fingerprint density at radius 3 is 2.95 bits per heavy atom. The molecule has 0 spiro atoms. The molecule has 0 radical (unpaired) electrons.